The van der Waals surface area contributed by atoms with E-state index in [2.05, 4.69) is 31.2 Å². The predicted octanol–water partition coefficient (Wildman–Crippen LogP) is 2.91. The summed E-state index contributed by atoms with van der Waals surface area (Å²) in [6.07, 6.45) is 2.20. The van der Waals surface area contributed by atoms with E-state index in [9.17, 15) is 0 Å². The van der Waals surface area contributed by atoms with E-state index in [1.165, 1.54) is 11.1 Å². The summed E-state index contributed by atoms with van der Waals surface area (Å²) in [5.41, 5.74) is 8.23. The van der Waals surface area contributed by atoms with Crippen molar-refractivity contribution in [3.05, 3.63) is 35.4 Å². The van der Waals surface area contributed by atoms with Gasteiger partial charge in [-0.1, -0.05) is 38.1 Å². The van der Waals surface area contributed by atoms with Gasteiger partial charge in [0.25, 0.3) is 0 Å². The van der Waals surface area contributed by atoms with Crippen LogP contribution in [0.5, 0.6) is 0 Å². The summed E-state index contributed by atoms with van der Waals surface area (Å²) >= 11 is 0. The predicted molar refractivity (Wildman–Crippen MR) is 59.9 cm³/mol. The first kappa shape index (κ1) is 12.2. The second-order valence-corrected chi connectivity index (χ2v) is 2.82. The van der Waals surface area contributed by atoms with Gasteiger partial charge < -0.3 is 5.73 Å². The fourth-order valence-electron chi connectivity index (χ4n) is 1.18. The number of aryl methyl sites for hydroxylation is 2. The molecule has 0 aliphatic rings. The van der Waals surface area contributed by atoms with Crippen LogP contribution in [0.1, 0.15) is 31.4 Å². The quantitative estimate of drug-likeness (QED) is 0.758. The molecule has 0 atom stereocenters. The topological polar surface area (TPSA) is 26.0 Å². The molecular formula is C12H21N. The van der Waals surface area contributed by atoms with Crippen molar-refractivity contribution < 1.29 is 0 Å². The zero-order valence-electron chi connectivity index (χ0n) is 9.01. The van der Waals surface area contributed by atoms with Crippen molar-refractivity contribution in [1.82, 2.24) is 0 Å². The van der Waals surface area contributed by atoms with E-state index >= 15 is 0 Å². The fraction of sp³-hybridized carbons (Fsp3) is 0.500. The van der Waals surface area contributed by atoms with E-state index in [-0.39, 0.29) is 0 Å². The Balaban J connectivity index is 0.000000671. The minimum atomic E-state index is 0.786. The van der Waals surface area contributed by atoms with E-state index in [4.69, 9.17) is 5.73 Å². The zero-order chi connectivity index (χ0) is 10.1. The van der Waals surface area contributed by atoms with E-state index in [0.29, 0.717) is 0 Å². The van der Waals surface area contributed by atoms with Gasteiger partial charge in [0, 0.05) is 0 Å². The summed E-state index contributed by atoms with van der Waals surface area (Å²) in [7, 11) is 0. The van der Waals surface area contributed by atoms with Crippen LogP contribution in [0.25, 0.3) is 0 Å². The van der Waals surface area contributed by atoms with Gasteiger partial charge in [0.05, 0.1) is 0 Å². The van der Waals surface area contributed by atoms with E-state index in [1.807, 2.05) is 13.8 Å². The van der Waals surface area contributed by atoms with Gasteiger partial charge in [0.2, 0.25) is 0 Å². The van der Waals surface area contributed by atoms with Gasteiger partial charge >= 0.3 is 0 Å². The Labute approximate surface area is 82.0 Å². The molecule has 0 spiro atoms. The first-order valence-corrected chi connectivity index (χ1v) is 5.09. The molecule has 0 aliphatic carbocycles. The lowest BCUT2D eigenvalue weighted by molar-refractivity contribution is 0.828. The van der Waals surface area contributed by atoms with Crippen LogP contribution >= 0.6 is 0 Å². The molecule has 0 aliphatic heterocycles. The average Bonchev–Trinajstić information content (AvgIpc) is 2.20. The molecule has 0 saturated carbocycles. The third-order valence-electron chi connectivity index (χ3n) is 1.91. The van der Waals surface area contributed by atoms with Crippen LogP contribution in [0, 0.1) is 6.92 Å². The normalized spacial score (nSPS) is 8.92. The Morgan fingerprint density at radius 3 is 2.31 bits per heavy atom. The third-order valence-corrected chi connectivity index (χ3v) is 1.91. The zero-order valence-corrected chi connectivity index (χ0v) is 9.01. The molecule has 1 aromatic rings. The number of rotatable bonds is 3. The van der Waals surface area contributed by atoms with Crippen LogP contribution in [0.2, 0.25) is 0 Å². The molecule has 74 valence electrons. The lowest BCUT2D eigenvalue weighted by Gasteiger charge is -2.02. The van der Waals surface area contributed by atoms with Crippen molar-refractivity contribution in [3.8, 4) is 0 Å². The monoisotopic (exact) mass is 179 g/mol. The molecule has 1 rings (SSSR count). The molecule has 0 saturated heterocycles. The Hall–Kier alpha value is -0.820. The molecule has 0 fully saturated rings. The SMILES string of the molecule is CC.Cc1ccccc1CCCN. The number of nitrogens with two attached hydrogens (primary N) is 1. The smallest absolute Gasteiger partial charge is 0.00741 e. The maximum Gasteiger partial charge on any atom is -0.00741 e. The maximum absolute atomic E-state index is 5.43. The molecule has 13 heavy (non-hydrogen) atoms. The minimum absolute atomic E-state index is 0.786. The number of hydrogen-bond donors (Lipinski definition) is 1. The van der Waals surface area contributed by atoms with Crippen LogP contribution < -0.4 is 5.73 Å². The Morgan fingerprint density at radius 1 is 1.15 bits per heavy atom. The lowest BCUT2D eigenvalue weighted by atomic mass is 10.0. The van der Waals surface area contributed by atoms with Gasteiger partial charge in [-0.2, -0.15) is 0 Å². The summed E-state index contributed by atoms with van der Waals surface area (Å²) in [5, 5.41) is 0. The highest BCUT2D eigenvalue weighted by molar-refractivity contribution is 5.25. The van der Waals surface area contributed by atoms with Crippen LogP contribution in [0.4, 0.5) is 0 Å². The molecule has 0 aromatic heterocycles. The second kappa shape index (κ2) is 7.81. The first-order valence-electron chi connectivity index (χ1n) is 5.09. The molecule has 0 amide bonds. The highest BCUT2D eigenvalue weighted by atomic mass is 14.5. The molecular weight excluding hydrogens is 158 g/mol. The Morgan fingerprint density at radius 2 is 1.77 bits per heavy atom. The number of benzene rings is 1. The lowest BCUT2D eigenvalue weighted by Crippen LogP contribution is -2.00. The van der Waals surface area contributed by atoms with Crippen molar-refractivity contribution in [3.63, 3.8) is 0 Å². The third kappa shape index (κ3) is 4.69. The Bertz CT molecular complexity index is 218. The molecule has 0 radical (unpaired) electrons. The molecule has 1 heteroatoms. The number of hydrogen-bond acceptors (Lipinski definition) is 1. The first-order chi connectivity index (χ1) is 6.34. The van der Waals surface area contributed by atoms with Gasteiger partial charge in [0.1, 0.15) is 0 Å². The van der Waals surface area contributed by atoms with Crippen molar-refractivity contribution in [1.29, 1.82) is 0 Å². The molecule has 0 bridgehead atoms. The highest BCUT2D eigenvalue weighted by Crippen LogP contribution is 2.08. The maximum atomic E-state index is 5.43. The van der Waals surface area contributed by atoms with E-state index in [1.54, 1.807) is 0 Å². The van der Waals surface area contributed by atoms with E-state index < -0.39 is 0 Å². The second-order valence-electron chi connectivity index (χ2n) is 2.82. The van der Waals surface area contributed by atoms with Crippen LogP contribution in [0.15, 0.2) is 24.3 Å². The van der Waals surface area contributed by atoms with Gasteiger partial charge in [-0.15, -0.1) is 0 Å². The minimum Gasteiger partial charge on any atom is -0.330 e. The standard InChI is InChI=1S/C10H15N.C2H6/c1-9-5-2-3-6-10(9)7-4-8-11;1-2/h2-3,5-6H,4,7-8,11H2,1H3;1-2H3. The average molecular weight is 179 g/mol. The van der Waals surface area contributed by atoms with Crippen LogP contribution in [0.3, 0.4) is 0 Å². The van der Waals surface area contributed by atoms with Gasteiger partial charge in [0.15, 0.2) is 0 Å². The fourth-order valence-corrected chi connectivity index (χ4v) is 1.18. The van der Waals surface area contributed by atoms with Crippen LogP contribution in [-0.4, -0.2) is 6.54 Å². The Kier molecular flexibility index (Phi) is 7.32. The highest BCUT2D eigenvalue weighted by Gasteiger charge is 1.94. The summed E-state index contributed by atoms with van der Waals surface area (Å²) in [6.45, 7) is 6.93. The van der Waals surface area contributed by atoms with E-state index in [0.717, 1.165) is 19.4 Å². The molecule has 1 nitrogen and oxygen atoms in total. The summed E-state index contributed by atoms with van der Waals surface area (Å²) in [5.74, 6) is 0. The van der Waals surface area contributed by atoms with Gasteiger partial charge in [-0.25, -0.2) is 0 Å². The van der Waals surface area contributed by atoms with Crippen molar-refractivity contribution in [2.24, 2.45) is 5.73 Å². The van der Waals surface area contributed by atoms with Crippen molar-refractivity contribution in [2.45, 2.75) is 33.6 Å². The molecule has 0 heterocycles. The van der Waals surface area contributed by atoms with Gasteiger partial charge in [-0.3, -0.25) is 0 Å². The summed E-state index contributed by atoms with van der Waals surface area (Å²) in [4.78, 5) is 0. The van der Waals surface area contributed by atoms with Crippen molar-refractivity contribution in [2.75, 3.05) is 6.54 Å². The largest absolute Gasteiger partial charge is 0.330 e. The van der Waals surface area contributed by atoms with Crippen LogP contribution in [-0.2, 0) is 6.42 Å². The molecule has 1 aromatic carbocycles. The summed E-state index contributed by atoms with van der Waals surface area (Å²) < 4.78 is 0. The van der Waals surface area contributed by atoms with Gasteiger partial charge in [-0.05, 0) is 37.4 Å². The molecule has 2 N–H and O–H groups in total. The summed E-state index contributed by atoms with van der Waals surface area (Å²) in [6, 6.07) is 8.47. The van der Waals surface area contributed by atoms with Crippen molar-refractivity contribution >= 4 is 0 Å². The molecule has 0 unspecified atom stereocenters.